The molecule has 29 heavy (non-hydrogen) atoms. The smallest absolute Gasteiger partial charge is 0.251 e. The minimum Gasteiger partial charge on any atom is -0.448 e. The number of rotatable bonds is 3. The zero-order valence-electron chi connectivity index (χ0n) is 17.1. The molecule has 6 heteroatoms. The summed E-state index contributed by atoms with van der Waals surface area (Å²) in [7, 11) is 0. The maximum atomic E-state index is 8.91. The van der Waals surface area contributed by atoms with Crippen LogP contribution in [0.4, 0.5) is 0 Å². The summed E-state index contributed by atoms with van der Waals surface area (Å²) >= 11 is 0. The Morgan fingerprint density at radius 3 is 2.59 bits per heavy atom. The molecule has 2 fully saturated rings. The molecule has 0 radical (unpaired) electrons. The fourth-order valence-electron chi connectivity index (χ4n) is 5.82. The van der Waals surface area contributed by atoms with E-state index in [1.54, 1.807) is 0 Å². The van der Waals surface area contributed by atoms with Gasteiger partial charge in [-0.1, -0.05) is 36.9 Å². The second-order valence-electron chi connectivity index (χ2n) is 9.15. The molecule has 156 valence electrons. The molecule has 1 spiro atoms. The predicted octanol–water partition coefficient (Wildman–Crippen LogP) is 6.38. The quantitative estimate of drug-likeness (QED) is 0.337. The van der Waals surface area contributed by atoms with Crippen molar-refractivity contribution in [3.63, 3.8) is 0 Å². The van der Waals surface area contributed by atoms with Crippen LogP contribution in [0.2, 0.25) is 0 Å². The van der Waals surface area contributed by atoms with Gasteiger partial charge in [-0.25, -0.2) is 0 Å². The molecule has 0 unspecified atom stereocenters. The van der Waals surface area contributed by atoms with E-state index in [1.165, 1.54) is 44.1 Å². The molecule has 2 atom stereocenters. The lowest BCUT2D eigenvalue weighted by Gasteiger charge is -2.31. The van der Waals surface area contributed by atoms with E-state index in [0.29, 0.717) is 12.5 Å². The SMILES string of the molecule is [N-]=[N+]=NC[C@@H]1O[C@H](C2CCCCC2)CCc2c1ccc1c2OC2(CCCCC2)O1. The first-order valence-corrected chi connectivity index (χ1v) is 11.5. The van der Waals surface area contributed by atoms with Crippen LogP contribution in [0, 0.1) is 5.92 Å². The molecule has 2 heterocycles. The first-order valence-electron chi connectivity index (χ1n) is 11.5. The molecule has 2 aliphatic carbocycles. The van der Waals surface area contributed by atoms with Crippen LogP contribution in [0.25, 0.3) is 10.4 Å². The number of hydrogen-bond donors (Lipinski definition) is 0. The molecule has 4 aliphatic rings. The Morgan fingerprint density at radius 1 is 1.00 bits per heavy atom. The van der Waals surface area contributed by atoms with Gasteiger partial charge in [-0.2, -0.15) is 0 Å². The van der Waals surface area contributed by atoms with Crippen molar-refractivity contribution in [1.82, 2.24) is 0 Å². The van der Waals surface area contributed by atoms with Gasteiger partial charge in [-0.05, 0) is 61.6 Å². The molecule has 0 aromatic heterocycles. The summed E-state index contributed by atoms with van der Waals surface area (Å²) in [5, 5.41) is 3.88. The van der Waals surface area contributed by atoms with Gasteiger partial charge in [0.05, 0.1) is 18.8 Å². The maximum Gasteiger partial charge on any atom is 0.251 e. The van der Waals surface area contributed by atoms with E-state index in [1.807, 2.05) is 6.07 Å². The van der Waals surface area contributed by atoms with E-state index < -0.39 is 5.79 Å². The van der Waals surface area contributed by atoms with Crippen molar-refractivity contribution in [2.75, 3.05) is 6.54 Å². The Kier molecular flexibility index (Phi) is 5.31. The van der Waals surface area contributed by atoms with Crippen LogP contribution >= 0.6 is 0 Å². The predicted molar refractivity (Wildman–Crippen MR) is 110 cm³/mol. The minimum atomic E-state index is -0.466. The molecule has 1 aromatic rings. The molecule has 2 saturated carbocycles. The molecule has 2 aliphatic heterocycles. The Hall–Kier alpha value is -1.91. The van der Waals surface area contributed by atoms with Crippen LogP contribution < -0.4 is 9.47 Å². The van der Waals surface area contributed by atoms with Crippen molar-refractivity contribution in [2.24, 2.45) is 11.0 Å². The lowest BCUT2D eigenvalue weighted by molar-refractivity contribution is -0.105. The van der Waals surface area contributed by atoms with Crippen molar-refractivity contribution >= 4 is 0 Å². The van der Waals surface area contributed by atoms with Crippen molar-refractivity contribution in [2.45, 2.75) is 95.0 Å². The molecule has 0 bridgehead atoms. The average molecular weight is 398 g/mol. The van der Waals surface area contributed by atoms with Crippen molar-refractivity contribution in [1.29, 1.82) is 0 Å². The van der Waals surface area contributed by atoms with Gasteiger partial charge in [-0.15, -0.1) is 0 Å². The van der Waals surface area contributed by atoms with Crippen molar-refractivity contribution in [3.8, 4) is 11.5 Å². The van der Waals surface area contributed by atoms with E-state index in [9.17, 15) is 0 Å². The van der Waals surface area contributed by atoms with E-state index in [0.717, 1.165) is 55.6 Å². The summed E-state index contributed by atoms with van der Waals surface area (Å²) in [6.45, 7) is 0.331. The van der Waals surface area contributed by atoms with Crippen molar-refractivity contribution < 1.29 is 14.2 Å². The van der Waals surface area contributed by atoms with Gasteiger partial charge in [0, 0.05) is 23.3 Å². The number of fused-ring (bicyclic) bond motifs is 3. The monoisotopic (exact) mass is 397 g/mol. The Labute approximate surface area is 172 Å². The molecule has 0 saturated heterocycles. The van der Waals surface area contributed by atoms with Gasteiger partial charge in [0.1, 0.15) is 0 Å². The van der Waals surface area contributed by atoms with Gasteiger partial charge in [-0.3, -0.25) is 0 Å². The highest BCUT2D eigenvalue weighted by molar-refractivity contribution is 5.54. The highest BCUT2D eigenvalue weighted by Crippen LogP contribution is 2.51. The molecule has 6 nitrogen and oxygen atoms in total. The van der Waals surface area contributed by atoms with E-state index in [4.69, 9.17) is 19.7 Å². The minimum absolute atomic E-state index is 0.202. The fraction of sp³-hybridized carbons (Fsp3) is 0.739. The number of benzene rings is 1. The van der Waals surface area contributed by atoms with Gasteiger partial charge >= 0.3 is 0 Å². The normalized spacial score (nSPS) is 28.4. The first-order chi connectivity index (χ1) is 14.3. The lowest BCUT2D eigenvalue weighted by Crippen LogP contribution is -2.40. The summed E-state index contributed by atoms with van der Waals surface area (Å²) in [5.74, 6) is 1.94. The first kappa shape index (κ1) is 19.1. The summed E-state index contributed by atoms with van der Waals surface area (Å²) < 4.78 is 19.5. The molecule has 0 amide bonds. The fourth-order valence-corrected chi connectivity index (χ4v) is 5.82. The van der Waals surface area contributed by atoms with Gasteiger partial charge in [0.2, 0.25) is 0 Å². The molecule has 1 aromatic carbocycles. The second-order valence-corrected chi connectivity index (χ2v) is 9.15. The van der Waals surface area contributed by atoms with Crippen LogP contribution in [0.3, 0.4) is 0 Å². The Bertz CT molecular complexity index is 793. The van der Waals surface area contributed by atoms with Gasteiger partial charge < -0.3 is 14.2 Å². The highest BCUT2D eigenvalue weighted by Gasteiger charge is 2.44. The molecular formula is C23H31N3O3. The zero-order chi connectivity index (χ0) is 19.7. The third-order valence-corrected chi connectivity index (χ3v) is 7.31. The van der Waals surface area contributed by atoms with Crippen LogP contribution in [-0.2, 0) is 11.2 Å². The van der Waals surface area contributed by atoms with E-state index >= 15 is 0 Å². The van der Waals surface area contributed by atoms with Gasteiger partial charge in [0.15, 0.2) is 11.5 Å². The summed E-state index contributed by atoms with van der Waals surface area (Å²) in [5.41, 5.74) is 11.2. The topological polar surface area (TPSA) is 76.5 Å². The van der Waals surface area contributed by atoms with Crippen LogP contribution in [0.15, 0.2) is 17.2 Å². The van der Waals surface area contributed by atoms with Gasteiger partial charge in [0.25, 0.3) is 5.79 Å². The average Bonchev–Trinajstić information content (AvgIpc) is 3.00. The Morgan fingerprint density at radius 2 is 1.79 bits per heavy atom. The largest absolute Gasteiger partial charge is 0.448 e. The van der Waals surface area contributed by atoms with Crippen LogP contribution in [0.5, 0.6) is 11.5 Å². The Balaban J connectivity index is 1.45. The molecule has 5 rings (SSSR count). The van der Waals surface area contributed by atoms with E-state index in [2.05, 4.69) is 16.1 Å². The third-order valence-electron chi connectivity index (χ3n) is 7.31. The number of ether oxygens (including phenoxy) is 3. The highest BCUT2D eigenvalue weighted by atomic mass is 16.7. The number of hydrogen-bond acceptors (Lipinski definition) is 4. The molecule has 0 N–H and O–H groups in total. The van der Waals surface area contributed by atoms with Crippen LogP contribution in [-0.4, -0.2) is 18.4 Å². The second kappa shape index (κ2) is 8.08. The molecular weight excluding hydrogens is 366 g/mol. The maximum absolute atomic E-state index is 8.91. The summed E-state index contributed by atoms with van der Waals surface area (Å²) in [4.78, 5) is 3.00. The third kappa shape index (κ3) is 3.69. The summed E-state index contributed by atoms with van der Waals surface area (Å²) in [6, 6.07) is 4.14. The standard InChI is InChI=1S/C23H31N3O3/c24-26-25-15-21-17-9-12-20-22(29-23(28-20)13-5-2-6-14-23)18(17)10-11-19(27-21)16-7-3-1-4-8-16/h9,12,16,19,21H,1-8,10-11,13-15H2/t19-,21-/m0/s1. The van der Waals surface area contributed by atoms with Crippen molar-refractivity contribution in [3.05, 3.63) is 33.7 Å². The number of azide groups is 1. The van der Waals surface area contributed by atoms with Crippen LogP contribution in [0.1, 0.15) is 87.9 Å². The zero-order valence-corrected chi connectivity index (χ0v) is 17.1. The number of nitrogens with zero attached hydrogens (tertiary/aromatic N) is 3. The van der Waals surface area contributed by atoms with E-state index in [-0.39, 0.29) is 12.2 Å². The lowest BCUT2D eigenvalue weighted by atomic mass is 9.83. The summed E-state index contributed by atoms with van der Waals surface area (Å²) in [6.07, 6.45) is 13.9.